The average molecular weight is 286 g/mol. The first-order chi connectivity index (χ1) is 9.38. The fourth-order valence-corrected chi connectivity index (χ4v) is 2.35. The van der Waals surface area contributed by atoms with E-state index in [1.807, 2.05) is 6.92 Å². The molecule has 3 nitrogen and oxygen atoms in total. The molecular weight excluding hydrogens is 269 g/mol. The van der Waals surface area contributed by atoms with Gasteiger partial charge in [0.2, 0.25) is 5.91 Å². The summed E-state index contributed by atoms with van der Waals surface area (Å²) in [6.07, 6.45) is -4.37. The van der Waals surface area contributed by atoms with Crippen molar-refractivity contribution < 1.29 is 18.0 Å². The molecule has 0 aliphatic carbocycles. The maximum absolute atomic E-state index is 12.6. The van der Waals surface area contributed by atoms with Gasteiger partial charge in [-0.25, -0.2) is 0 Å². The van der Waals surface area contributed by atoms with Crippen molar-refractivity contribution in [3.63, 3.8) is 0 Å². The quantitative estimate of drug-likeness (QED) is 0.902. The molecule has 1 heterocycles. The first-order valence-corrected chi connectivity index (χ1v) is 6.54. The predicted molar refractivity (Wildman–Crippen MR) is 69.2 cm³/mol. The number of hydrogen-bond acceptors (Lipinski definition) is 2. The highest BCUT2D eigenvalue weighted by molar-refractivity contribution is 5.79. The van der Waals surface area contributed by atoms with Gasteiger partial charge in [0.05, 0.1) is 12.0 Å². The number of alkyl halides is 3. The van der Waals surface area contributed by atoms with Crippen LogP contribution in [-0.2, 0) is 17.4 Å². The summed E-state index contributed by atoms with van der Waals surface area (Å²) in [4.78, 5) is 13.9. The molecular formula is C14H17F3N2O. The smallest absolute Gasteiger partial charge is 0.337 e. The van der Waals surface area contributed by atoms with Crippen LogP contribution in [-0.4, -0.2) is 36.5 Å². The lowest BCUT2D eigenvalue weighted by Gasteiger charge is -2.34. The number of halogens is 3. The molecule has 20 heavy (non-hydrogen) atoms. The number of amides is 1. The summed E-state index contributed by atoms with van der Waals surface area (Å²) in [5, 5.41) is 3.17. The van der Waals surface area contributed by atoms with Gasteiger partial charge in [0.15, 0.2) is 0 Å². The van der Waals surface area contributed by atoms with Gasteiger partial charge in [0, 0.05) is 25.7 Å². The fourth-order valence-electron chi connectivity index (χ4n) is 2.35. The van der Waals surface area contributed by atoms with Gasteiger partial charge in [0.1, 0.15) is 0 Å². The molecule has 1 atom stereocenters. The second kappa shape index (κ2) is 5.83. The molecule has 0 unspecified atom stereocenters. The van der Waals surface area contributed by atoms with Gasteiger partial charge in [-0.2, -0.15) is 13.2 Å². The minimum atomic E-state index is -4.37. The number of nitrogens with one attached hydrogen (secondary N) is 1. The largest absolute Gasteiger partial charge is 0.416 e. The summed E-state index contributed by atoms with van der Waals surface area (Å²) in [6.45, 7) is 3.96. The standard InChI is InChI=1S/C14H17F3N2O/c1-10-9-18-5-6-19(10)13(20)8-11-3-2-4-12(7-11)14(15,16)17/h2-4,7,10,18H,5-6,8-9H2,1H3/t10-/m1/s1. The number of carbonyl (C=O) groups excluding carboxylic acids is 1. The Bertz CT molecular complexity index is 488. The van der Waals surface area contributed by atoms with Crippen LogP contribution in [0.15, 0.2) is 24.3 Å². The lowest BCUT2D eigenvalue weighted by molar-refractivity contribution is -0.138. The minimum absolute atomic E-state index is 0.00819. The van der Waals surface area contributed by atoms with E-state index in [2.05, 4.69) is 5.32 Å². The van der Waals surface area contributed by atoms with E-state index in [4.69, 9.17) is 0 Å². The Morgan fingerprint density at radius 1 is 1.45 bits per heavy atom. The molecule has 1 aromatic carbocycles. The van der Waals surface area contributed by atoms with Gasteiger partial charge in [0.25, 0.3) is 0 Å². The molecule has 0 spiro atoms. The summed E-state index contributed by atoms with van der Waals surface area (Å²) < 4.78 is 37.9. The van der Waals surface area contributed by atoms with Gasteiger partial charge >= 0.3 is 6.18 Å². The van der Waals surface area contributed by atoms with Crippen LogP contribution in [0.3, 0.4) is 0 Å². The van der Waals surface area contributed by atoms with Crippen LogP contribution in [0.4, 0.5) is 13.2 Å². The Hall–Kier alpha value is -1.56. The second-order valence-electron chi connectivity index (χ2n) is 5.02. The zero-order valence-corrected chi connectivity index (χ0v) is 11.2. The van der Waals surface area contributed by atoms with Crippen LogP contribution in [0, 0.1) is 0 Å². The summed E-state index contributed by atoms with van der Waals surface area (Å²) in [6, 6.07) is 5.03. The van der Waals surface area contributed by atoms with Crippen LogP contribution in [0.5, 0.6) is 0 Å². The number of piperazine rings is 1. The maximum atomic E-state index is 12.6. The predicted octanol–water partition coefficient (Wildman–Crippen LogP) is 2.07. The van der Waals surface area contributed by atoms with Gasteiger partial charge < -0.3 is 10.2 Å². The highest BCUT2D eigenvalue weighted by Crippen LogP contribution is 2.29. The Morgan fingerprint density at radius 2 is 2.20 bits per heavy atom. The van der Waals surface area contributed by atoms with E-state index in [-0.39, 0.29) is 18.4 Å². The fraction of sp³-hybridized carbons (Fsp3) is 0.500. The molecule has 1 fully saturated rings. The van der Waals surface area contributed by atoms with E-state index in [0.29, 0.717) is 18.7 Å². The van der Waals surface area contributed by atoms with Crippen molar-refractivity contribution in [1.82, 2.24) is 10.2 Å². The third-order valence-electron chi connectivity index (χ3n) is 3.43. The van der Waals surface area contributed by atoms with Crippen LogP contribution in [0.1, 0.15) is 18.1 Å². The van der Waals surface area contributed by atoms with E-state index >= 15 is 0 Å². The minimum Gasteiger partial charge on any atom is -0.337 e. The highest BCUT2D eigenvalue weighted by Gasteiger charge is 2.30. The van der Waals surface area contributed by atoms with Crippen LogP contribution in [0.25, 0.3) is 0 Å². The zero-order chi connectivity index (χ0) is 14.8. The van der Waals surface area contributed by atoms with E-state index in [0.717, 1.165) is 18.7 Å². The molecule has 1 aliphatic rings. The Balaban J connectivity index is 2.08. The average Bonchev–Trinajstić information content (AvgIpc) is 2.38. The van der Waals surface area contributed by atoms with Crippen LogP contribution in [0.2, 0.25) is 0 Å². The molecule has 0 aromatic heterocycles. The highest BCUT2D eigenvalue weighted by atomic mass is 19.4. The maximum Gasteiger partial charge on any atom is 0.416 e. The number of benzene rings is 1. The van der Waals surface area contributed by atoms with Crippen LogP contribution < -0.4 is 5.32 Å². The number of nitrogens with zero attached hydrogens (tertiary/aromatic N) is 1. The molecule has 0 saturated carbocycles. The van der Waals surface area contributed by atoms with Crippen molar-refractivity contribution in [3.05, 3.63) is 35.4 Å². The Labute approximate surface area is 115 Å². The summed E-state index contributed by atoms with van der Waals surface area (Å²) >= 11 is 0. The third-order valence-corrected chi connectivity index (χ3v) is 3.43. The Morgan fingerprint density at radius 3 is 2.85 bits per heavy atom. The van der Waals surface area contributed by atoms with Gasteiger partial charge in [-0.3, -0.25) is 4.79 Å². The number of rotatable bonds is 2. The van der Waals surface area contributed by atoms with E-state index < -0.39 is 11.7 Å². The first-order valence-electron chi connectivity index (χ1n) is 6.54. The van der Waals surface area contributed by atoms with Crippen molar-refractivity contribution in [1.29, 1.82) is 0 Å². The number of carbonyl (C=O) groups is 1. The summed E-state index contributed by atoms with van der Waals surface area (Å²) in [5.74, 6) is -0.127. The van der Waals surface area contributed by atoms with E-state index in [9.17, 15) is 18.0 Å². The molecule has 110 valence electrons. The number of hydrogen-bond donors (Lipinski definition) is 1. The van der Waals surface area contributed by atoms with Crippen molar-refractivity contribution >= 4 is 5.91 Å². The van der Waals surface area contributed by atoms with Crippen molar-refractivity contribution in [2.24, 2.45) is 0 Å². The zero-order valence-electron chi connectivity index (χ0n) is 11.2. The summed E-state index contributed by atoms with van der Waals surface area (Å²) in [7, 11) is 0. The third kappa shape index (κ3) is 3.50. The molecule has 1 N–H and O–H groups in total. The second-order valence-corrected chi connectivity index (χ2v) is 5.02. The normalized spacial score (nSPS) is 20.0. The molecule has 1 aromatic rings. The van der Waals surface area contributed by atoms with Gasteiger partial charge in [-0.15, -0.1) is 0 Å². The first kappa shape index (κ1) is 14.8. The van der Waals surface area contributed by atoms with E-state index in [1.54, 1.807) is 11.0 Å². The molecule has 0 bridgehead atoms. The molecule has 2 rings (SSSR count). The van der Waals surface area contributed by atoms with Crippen molar-refractivity contribution in [2.45, 2.75) is 25.6 Å². The summed E-state index contributed by atoms with van der Waals surface area (Å²) in [5.41, 5.74) is -0.313. The van der Waals surface area contributed by atoms with Crippen molar-refractivity contribution in [2.75, 3.05) is 19.6 Å². The van der Waals surface area contributed by atoms with Gasteiger partial charge in [-0.05, 0) is 18.6 Å². The van der Waals surface area contributed by atoms with Gasteiger partial charge in [-0.1, -0.05) is 18.2 Å². The monoisotopic (exact) mass is 286 g/mol. The topological polar surface area (TPSA) is 32.3 Å². The lowest BCUT2D eigenvalue weighted by Crippen LogP contribution is -2.52. The molecule has 1 saturated heterocycles. The van der Waals surface area contributed by atoms with E-state index in [1.165, 1.54) is 6.07 Å². The van der Waals surface area contributed by atoms with Crippen LogP contribution >= 0.6 is 0 Å². The molecule has 6 heteroatoms. The van der Waals surface area contributed by atoms with Crippen molar-refractivity contribution in [3.8, 4) is 0 Å². The molecule has 0 radical (unpaired) electrons. The SMILES string of the molecule is C[C@@H]1CNCCN1C(=O)Cc1cccc(C(F)(F)F)c1. The molecule has 1 amide bonds. The Kier molecular flexibility index (Phi) is 4.32. The molecule has 1 aliphatic heterocycles. The lowest BCUT2D eigenvalue weighted by atomic mass is 10.1.